The molecule has 6 heteroatoms. The Bertz CT molecular complexity index is 702. The molecule has 1 aromatic heterocycles. The Morgan fingerprint density at radius 1 is 1.16 bits per heavy atom. The molecule has 0 spiro atoms. The van der Waals surface area contributed by atoms with E-state index < -0.39 is 6.04 Å². The first-order valence-electron chi connectivity index (χ1n) is 8.15. The van der Waals surface area contributed by atoms with Crippen molar-refractivity contribution in [3.63, 3.8) is 0 Å². The standard InChI is InChI=1S/C19H23N3O2S/c1-13(2)18(21-14(3)23)19(24)22-16-6-8-17(9-7-16)25-12-15-5-4-10-20-11-15/h4-11,13,18H,12H2,1-3H3,(H,21,23)(H,22,24)/t18-/m0/s1. The number of pyridine rings is 1. The zero-order valence-electron chi connectivity index (χ0n) is 14.7. The molecule has 0 fully saturated rings. The molecule has 1 atom stereocenters. The first-order chi connectivity index (χ1) is 12.0. The van der Waals surface area contributed by atoms with Crippen molar-refractivity contribution in [2.45, 2.75) is 37.5 Å². The Hall–Kier alpha value is -2.34. The lowest BCUT2D eigenvalue weighted by molar-refractivity contribution is -0.126. The number of carbonyl (C=O) groups excluding carboxylic acids is 2. The fourth-order valence-corrected chi connectivity index (χ4v) is 3.09. The number of hydrogen-bond acceptors (Lipinski definition) is 4. The third-order valence-corrected chi connectivity index (χ3v) is 4.64. The van der Waals surface area contributed by atoms with E-state index in [9.17, 15) is 9.59 Å². The van der Waals surface area contributed by atoms with Gasteiger partial charge in [0.15, 0.2) is 0 Å². The number of nitrogens with one attached hydrogen (secondary N) is 2. The van der Waals surface area contributed by atoms with E-state index in [1.165, 1.54) is 12.5 Å². The number of nitrogens with zero attached hydrogens (tertiary/aromatic N) is 1. The fraction of sp³-hybridized carbons (Fsp3) is 0.316. The lowest BCUT2D eigenvalue weighted by Gasteiger charge is -2.21. The maximum Gasteiger partial charge on any atom is 0.247 e. The van der Waals surface area contributed by atoms with Gasteiger partial charge in [-0.1, -0.05) is 19.9 Å². The van der Waals surface area contributed by atoms with Crippen LogP contribution in [0.3, 0.4) is 0 Å². The lowest BCUT2D eigenvalue weighted by Crippen LogP contribution is -2.46. The van der Waals surface area contributed by atoms with Crippen LogP contribution in [-0.4, -0.2) is 22.8 Å². The van der Waals surface area contributed by atoms with Crippen molar-refractivity contribution in [3.8, 4) is 0 Å². The summed E-state index contributed by atoms with van der Waals surface area (Å²) in [6, 6.07) is 11.1. The molecular weight excluding hydrogens is 334 g/mol. The molecule has 2 rings (SSSR count). The zero-order valence-corrected chi connectivity index (χ0v) is 15.5. The summed E-state index contributed by atoms with van der Waals surface area (Å²) in [6.07, 6.45) is 3.62. The van der Waals surface area contributed by atoms with Gasteiger partial charge in [-0.25, -0.2) is 0 Å². The number of amides is 2. The van der Waals surface area contributed by atoms with Crippen LogP contribution >= 0.6 is 11.8 Å². The first-order valence-corrected chi connectivity index (χ1v) is 9.14. The van der Waals surface area contributed by atoms with Crippen LogP contribution in [0.5, 0.6) is 0 Å². The predicted octanol–water partition coefficient (Wildman–Crippen LogP) is 3.47. The maximum absolute atomic E-state index is 12.3. The van der Waals surface area contributed by atoms with Crippen LogP contribution in [0, 0.1) is 5.92 Å². The van der Waals surface area contributed by atoms with Gasteiger partial charge in [0.2, 0.25) is 11.8 Å². The van der Waals surface area contributed by atoms with Crippen LogP contribution in [0.1, 0.15) is 26.3 Å². The number of benzene rings is 1. The number of aromatic nitrogens is 1. The third kappa shape index (κ3) is 6.23. The van der Waals surface area contributed by atoms with Gasteiger partial charge in [0.1, 0.15) is 6.04 Å². The summed E-state index contributed by atoms with van der Waals surface area (Å²) in [4.78, 5) is 28.8. The average molecular weight is 357 g/mol. The van der Waals surface area contributed by atoms with Crippen LogP contribution < -0.4 is 10.6 Å². The second-order valence-electron chi connectivity index (χ2n) is 6.09. The van der Waals surface area contributed by atoms with E-state index in [1.54, 1.807) is 18.0 Å². The van der Waals surface area contributed by atoms with Gasteiger partial charge in [-0.2, -0.15) is 0 Å². The molecule has 0 bridgehead atoms. The van der Waals surface area contributed by atoms with Gasteiger partial charge in [-0.15, -0.1) is 11.8 Å². The van der Waals surface area contributed by atoms with Gasteiger partial charge in [-0.3, -0.25) is 14.6 Å². The fourth-order valence-electron chi connectivity index (χ4n) is 2.26. The molecule has 1 aromatic carbocycles. The Balaban J connectivity index is 1.92. The van der Waals surface area contributed by atoms with Crippen molar-refractivity contribution in [3.05, 3.63) is 54.4 Å². The lowest BCUT2D eigenvalue weighted by atomic mass is 10.0. The number of carbonyl (C=O) groups is 2. The Kier molecular flexibility index (Phi) is 7.01. The topological polar surface area (TPSA) is 71.1 Å². The summed E-state index contributed by atoms with van der Waals surface area (Å²) in [6.45, 7) is 5.22. The Labute approximate surface area is 152 Å². The first kappa shape index (κ1) is 19.0. The molecule has 5 nitrogen and oxygen atoms in total. The molecule has 132 valence electrons. The molecule has 0 saturated heterocycles. The van der Waals surface area contributed by atoms with E-state index in [-0.39, 0.29) is 17.7 Å². The smallest absolute Gasteiger partial charge is 0.247 e. The SMILES string of the molecule is CC(=O)N[C@H](C(=O)Nc1ccc(SCc2cccnc2)cc1)C(C)C. The van der Waals surface area contributed by atoms with Gasteiger partial charge in [0, 0.05) is 35.7 Å². The Morgan fingerprint density at radius 2 is 1.88 bits per heavy atom. The molecule has 0 saturated carbocycles. The predicted molar refractivity (Wildman–Crippen MR) is 101 cm³/mol. The minimum absolute atomic E-state index is 0.0122. The summed E-state index contributed by atoms with van der Waals surface area (Å²) in [5.74, 6) is 0.437. The van der Waals surface area contributed by atoms with E-state index in [1.807, 2.05) is 56.4 Å². The van der Waals surface area contributed by atoms with Crippen molar-refractivity contribution in [2.75, 3.05) is 5.32 Å². The minimum atomic E-state index is -0.544. The number of rotatable bonds is 7. The summed E-state index contributed by atoms with van der Waals surface area (Å²) in [7, 11) is 0. The summed E-state index contributed by atoms with van der Waals surface area (Å²) in [5, 5.41) is 5.54. The molecule has 2 amide bonds. The summed E-state index contributed by atoms with van der Waals surface area (Å²) in [5.41, 5.74) is 1.88. The second-order valence-corrected chi connectivity index (χ2v) is 7.13. The number of anilines is 1. The quantitative estimate of drug-likeness (QED) is 0.744. The maximum atomic E-state index is 12.3. The molecule has 0 aliphatic heterocycles. The molecule has 2 aromatic rings. The highest BCUT2D eigenvalue weighted by Gasteiger charge is 2.22. The molecule has 0 aliphatic carbocycles. The van der Waals surface area contributed by atoms with E-state index in [0.29, 0.717) is 5.69 Å². The average Bonchev–Trinajstić information content (AvgIpc) is 2.59. The van der Waals surface area contributed by atoms with Gasteiger partial charge in [-0.05, 0) is 41.8 Å². The van der Waals surface area contributed by atoms with E-state index in [0.717, 1.165) is 10.6 Å². The van der Waals surface area contributed by atoms with E-state index in [4.69, 9.17) is 0 Å². The van der Waals surface area contributed by atoms with Crippen LogP contribution in [0.2, 0.25) is 0 Å². The van der Waals surface area contributed by atoms with Crippen molar-refractivity contribution in [1.82, 2.24) is 10.3 Å². The summed E-state index contributed by atoms with van der Waals surface area (Å²) >= 11 is 1.71. The normalized spacial score (nSPS) is 11.8. The number of thioether (sulfide) groups is 1. The van der Waals surface area contributed by atoms with Gasteiger partial charge in [0.25, 0.3) is 0 Å². The molecule has 25 heavy (non-hydrogen) atoms. The van der Waals surface area contributed by atoms with E-state index >= 15 is 0 Å². The molecule has 2 N–H and O–H groups in total. The van der Waals surface area contributed by atoms with Gasteiger partial charge in [0.05, 0.1) is 0 Å². The van der Waals surface area contributed by atoms with Crippen molar-refractivity contribution in [2.24, 2.45) is 5.92 Å². The van der Waals surface area contributed by atoms with E-state index in [2.05, 4.69) is 15.6 Å². The molecular formula is C19H23N3O2S. The molecule has 0 unspecified atom stereocenters. The summed E-state index contributed by atoms with van der Waals surface area (Å²) < 4.78 is 0. The number of hydrogen-bond donors (Lipinski definition) is 2. The monoisotopic (exact) mass is 357 g/mol. The van der Waals surface area contributed by atoms with Crippen LogP contribution in [0.25, 0.3) is 0 Å². The van der Waals surface area contributed by atoms with Crippen molar-refractivity contribution < 1.29 is 9.59 Å². The largest absolute Gasteiger partial charge is 0.344 e. The Morgan fingerprint density at radius 3 is 2.44 bits per heavy atom. The van der Waals surface area contributed by atoms with Gasteiger partial charge >= 0.3 is 0 Å². The van der Waals surface area contributed by atoms with Crippen LogP contribution in [0.4, 0.5) is 5.69 Å². The highest BCUT2D eigenvalue weighted by molar-refractivity contribution is 7.98. The van der Waals surface area contributed by atoms with Crippen LogP contribution in [-0.2, 0) is 15.3 Å². The second kappa shape index (κ2) is 9.22. The van der Waals surface area contributed by atoms with Gasteiger partial charge < -0.3 is 10.6 Å². The van der Waals surface area contributed by atoms with Crippen molar-refractivity contribution in [1.29, 1.82) is 0 Å². The van der Waals surface area contributed by atoms with Crippen LogP contribution in [0.15, 0.2) is 53.7 Å². The zero-order chi connectivity index (χ0) is 18.2. The molecule has 1 heterocycles. The minimum Gasteiger partial charge on any atom is -0.344 e. The third-order valence-electron chi connectivity index (χ3n) is 3.56. The highest BCUT2D eigenvalue weighted by Crippen LogP contribution is 2.24. The molecule has 0 radical (unpaired) electrons. The molecule has 0 aliphatic rings. The highest BCUT2D eigenvalue weighted by atomic mass is 32.2. The van der Waals surface area contributed by atoms with Crippen molar-refractivity contribution >= 4 is 29.3 Å².